The molecule has 158 valence electrons. The second-order valence-corrected chi connectivity index (χ2v) is 5.98. The highest BCUT2D eigenvalue weighted by molar-refractivity contribution is 5.80. The number of alkyl halides is 6. The molecule has 0 atom stereocenters. The average Bonchev–Trinajstić information content (AvgIpc) is 2.59. The Hall–Kier alpha value is -2.56. The van der Waals surface area contributed by atoms with Crippen LogP contribution in [0.1, 0.15) is 28.4 Å². The lowest BCUT2D eigenvalue weighted by Gasteiger charge is -2.32. The Bertz CT molecular complexity index is 932. The van der Waals surface area contributed by atoms with E-state index < -0.39 is 57.7 Å². The summed E-state index contributed by atoms with van der Waals surface area (Å²) in [4.78, 5) is 10.8. The van der Waals surface area contributed by atoms with Crippen molar-refractivity contribution in [2.45, 2.75) is 31.3 Å². The van der Waals surface area contributed by atoms with Gasteiger partial charge in [0.25, 0.3) is 5.60 Å². The topological polar surface area (TPSA) is 37.3 Å². The molecule has 2 aromatic rings. The molecule has 0 unspecified atom stereocenters. The van der Waals surface area contributed by atoms with Gasteiger partial charge in [-0.15, -0.1) is 0 Å². The van der Waals surface area contributed by atoms with Crippen LogP contribution in [0.3, 0.4) is 0 Å². The molecule has 0 saturated heterocycles. The monoisotopic (exact) mass is 430 g/mol. The lowest BCUT2D eigenvalue weighted by Crippen LogP contribution is -2.53. The largest absolute Gasteiger partial charge is 0.430 e. The Morgan fingerprint density at radius 2 is 1.45 bits per heavy atom. The molecule has 0 heterocycles. The zero-order valence-corrected chi connectivity index (χ0v) is 14.4. The van der Waals surface area contributed by atoms with Crippen molar-refractivity contribution in [1.29, 1.82) is 0 Å². The van der Waals surface area contributed by atoms with Gasteiger partial charge in [0, 0.05) is 11.1 Å². The van der Waals surface area contributed by atoms with E-state index in [1.54, 1.807) is 0 Å². The first-order chi connectivity index (χ1) is 13.2. The first-order valence-corrected chi connectivity index (χ1v) is 7.82. The van der Waals surface area contributed by atoms with Crippen LogP contribution < -0.4 is 0 Å². The lowest BCUT2D eigenvalue weighted by molar-refractivity contribution is -0.376. The van der Waals surface area contributed by atoms with E-state index in [4.69, 9.17) is 0 Å². The fraction of sp³-hybridized carbons (Fsp3) is 0.278. The van der Waals surface area contributed by atoms with Crippen LogP contribution in [0.2, 0.25) is 0 Å². The van der Waals surface area contributed by atoms with Gasteiger partial charge in [0.15, 0.2) is 6.29 Å². The lowest BCUT2D eigenvalue weighted by atomic mass is 9.88. The van der Waals surface area contributed by atoms with Gasteiger partial charge >= 0.3 is 12.4 Å². The molecule has 0 aliphatic heterocycles. The van der Waals surface area contributed by atoms with E-state index in [9.17, 15) is 49.4 Å². The van der Waals surface area contributed by atoms with E-state index in [2.05, 4.69) is 0 Å². The van der Waals surface area contributed by atoms with Gasteiger partial charge in [-0.25, -0.2) is 13.2 Å². The fourth-order valence-corrected chi connectivity index (χ4v) is 2.82. The van der Waals surface area contributed by atoms with Gasteiger partial charge in [0.05, 0.1) is 5.56 Å². The number of aliphatic hydroxyl groups is 1. The van der Waals surface area contributed by atoms with Crippen LogP contribution in [-0.2, 0) is 12.0 Å². The molecule has 0 aliphatic rings. The smallest absolute Gasteiger partial charge is 0.369 e. The minimum atomic E-state index is -6.22. The Morgan fingerprint density at radius 1 is 0.897 bits per heavy atom. The second-order valence-electron chi connectivity index (χ2n) is 5.98. The van der Waals surface area contributed by atoms with Crippen LogP contribution in [0.5, 0.6) is 0 Å². The number of carbonyl (C=O) groups excluding carboxylic acids is 1. The molecule has 2 nitrogen and oxygen atoms in total. The molecule has 0 amide bonds. The van der Waals surface area contributed by atoms with E-state index >= 15 is 0 Å². The number of hydrogen-bond acceptors (Lipinski definition) is 2. The van der Waals surface area contributed by atoms with E-state index in [0.29, 0.717) is 12.1 Å². The highest BCUT2D eigenvalue weighted by Crippen LogP contribution is 2.50. The third kappa shape index (κ3) is 3.59. The number of hydrogen-bond donors (Lipinski definition) is 1. The van der Waals surface area contributed by atoms with Crippen LogP contribution in [0.15, 0.2) is 24.3 Å². The number of carbonyl (C=O) groups is 1. The summed E-state index contributed by atoms with van der Waals surface area (Å²) in [5, 5.41) is 9.32. The maximum atomic E-state index is 14.4. The van der Waals surface area contributed by atoms with E-state index in [1.165, 1.54) is 6.92 Å². The van der Waals surface area contributed by atoms with Crippen LogP contribution in [-0.4, -0.2) is 23.7 Å². The van der Waals surface area contributed by atoms with Gasteiger partial charge in [0.1, 0.15) is 17.5 Å². The highest BCUT2D eigenvalue weighted by atomic mass is 19.4. The second kappa shape index (κ2) is 7.36. The maximum absolute atomic E-state index is 14.4. The molecule has 2 aromatic carbocycles. The van der Waals surface area contributed by atoms with E-state index in [-0.39, 0.29) is 30.4 Å². The minimum Gasteiger partial charge on any atom is -0.369 e. The zero-order valence-electron chi connectivity index (χ0n) is 14.4. The summed E-state index contributed by atoms with van der Waals surface area (Å²) in [6.07, 6.45) is -12.8. The molecule has 2 rings (SSSR count). The number of aldehydes is 1. The SMILES string of the molecule is CCc1c(-c2ccc(C(O)(C(F)(F)F)C(F)(F)F)cc2F)cc(F)c(C=O)c1F. The summed E-state index contributed by atoms with van der Waals surface area (Å²) in [7, 11) is 0. The third-order valence-corrected chi connectivity index (χ3v) is 4.32. The molecule has 0 aliphatic carbocycles. The summed E-state index contributed by atoms with van der Waals surface area (Å²) < 4.78 is 120. The fourth-order valence-electron chi connectivity index (χ4n) is 2.82. The molecule has 29 heavy (non-hydrogen) atoms. The molecule has 0 spiro atoms. The molecule has 1 N–H and O–H groups in total. The van der Waals surface area contributed by atoms with Crippen molar-refractivity contribution in [3.8, 4) is 11.1 Å². The van der Waals surface area contributed by atoms with Crippen molar-refractivity contribution >= 4 is 6.29 Å². The zero-order chi connectivity index (χ0) is 22.4. The Labute approximate surface area is 157 Å². The standard InChI is InChI=1S/C18H11F9O2/c1-2-9-11(6-14(20)12(7-28)15(9)21)10-4-3-8(5-13(10)19)16(29,17(22,23)24)18(25,26)27/h3-7,29H,2H2,1H3. The number of benzene rings is 2. The Balaban J connectivity index is 2.75. The van der Waals surface area contributed by atoms with Crippen LogP contribution in [0.25, 0.3) is 11.1 Å². The van der Waals surface area contributed by atoms with Gasteiger partial charge in [-0.3, -0.25) is 4.79 Å². The number of halogens is 9. The minimum absolute atomic E-state index is 0.125. The van der Waals surface area contributed by atoms with Crippen molar-refractivity contribution in [1.82, 2.24) is 0 Å². The molecule has 0 bridgehead atoms. The molecule has 0 aromatic heterocycles. The van der Waals surface area contributed by atoms with E-state index in [0.717, 1.165) is 0 Å². The predicted molar refractivity (Wildman–Crippen MR) is 82.5 cm³/mol. The highest BCUT2D eigenvalue weighted by Gasteiger charge is 2.71. The molecule has 11 heteroatoms. The first-order valence-electron chi connectivity index (χ1n) is 7.82. The molecular formula is C18H11F9O2. The normalized spacial score (nSPS) is 12.9. The van der Waals surface area contributed by atoms with Crippen molar-refractivity contribution < 1.29 is 49.4 Å². The summed E-state index contributed by atoms with van der Waals surface area (Å²) in [6, 6.07) is 0.923. The van der Waals surface area contributed by atoms with E-state index in [1.807, 2.05) is 0 Å². The molecular weight excluding hydrogens is 419 g/mol. The summed E-state index contributed by atoms with van der Waals surface area (Å²) in [5.74, 6) is -4.42. The van der Waals surface area contributed by atoms with Gasteiger partial charge in [-0.1, -0.05) is 19.1 Å². The quantitative estimate of drug-likeness (QED) is 0.517. The van der Waals surface area contributed by atoms with Crippen LogP contribution in [0.4, 0.5) is 39.5 Å². The molecule has 0 fully saturated rings. The molecule has 0 radical (unpaired) electrons. The van der Waals surface area contributed by atoms with Crippen LogP contribution >= 0.6 is 0 Å². The predicted octanol–water partition coefficient (Wildman–Crippen LogP) is 5.46. The van der Waals surface area contributed by atoms with Crippen molar-refractivity contribution in [3.63, 3.8) is 0 Å². The summed E-state index contributed by atoms with van der Waals surface area (Å²) >= 11 is 0. The molecule has 0 saturated carbocycles. The first kappa shape index (κ1) is 22.7. The van der Waals surface area contributed by atoms with Gasteiger partial charge in [-0.05, 0) is 29.7 Å². The van der Waals surface area contributed by atoms with Crippen molar-refractivity contribution in [3.05, 3.63) is 58.4 Å². The van der Waals surface area contributed by atoms with Gasteiger partial charge in [-0.2, -0.15) is 26.3 Å². The maximum Gasteiger partial charge on any atom is 0.430 e. The number of rotatable bonds is 4. The Kier molecular flexibility index (Phi) is 5.77. The summed E-state index contributed by atoms with van der Waals surface area (Å²) in [6.45, 7) is 1.35. The average molecular weight is 430 g/mol. The summed E-state index contributed by atoms with van der Waals surface area (Å²) in [5.41, 5.74) is -9.76. The van der Waals surface area contributed by atoms with Gasteiger partial charge < -0.3 is 5.11 Å². The third-order valence-electron chi connectivity index (χ3n) is 4.32. The van der Waals surface area contributed by atoms with Crippen molar-refractivity contribution in [2.24, 2.45) is 0 Å². The Morgan fingerprint density at radius 3 is 1.86 bits per heavy atom. The van der Waals surface area contributed by atoms with Crippen LogP contribution in [0, 0.1) is 17.5 Å². The van der Waals surface area contributed by atoms with Gasteiger partial charge in [0.2, 0.25) is 0 Å². The van der Waals surface area contributed by atoms with Crippen molar-refractivity contribution in [2.75, 3.05) is 0 Å².